The third-order valence-electron chi connectivity index (χ3n) is 3.36. The van der Waals surface area contributed by atoms with E-state index in [0.29, 0.717) is 12.2 Å². The Morgan fingerprint density at radius 3 is 3.06 bits per heavy atom. The minimum absolute atomic E-state index is 0.176. The van der Waals surface area contributed by atoms with Crippen molar-refractivity contribution < 1.29 is 9.90 Å². The van der Waals surface area contributed by atoms with Gasteiger partial charge in [-0.3, -0.25) is 9.20 Å². The van der Waals surface area contributed by atoms with Crippen molar-refractivity contribution in [3.05, 3.63) is 24.3 Å². The largest absolute Gasteiger partial charge is 0.481 e. The van der Waals surface area contributed by atoms with Crippen molar-refractivity contribution in [1.82, 2.24) is 19.6 Å². The van der Waals surface area contributed by atoms with Gasteiger partial charge in [-0.15, -0.1) is 10.2 Å². The fourth-order valence-corrected chi connectivity index (χ4v) is 2.48. The zero-order valence-electron chi connectivity index (χ0n) is 9.15. The average Bonchev–Trinajstić information content (AvgIpc) is 2.95. The molecule has 17 heavy (non-hydrogen) atoms. The van der Waals surface area contributed by atoms with E-state index >= 15 is 0 Å². The summed E-state index contributed by atoms with van der Waals surface area (Å²) >= 11 is 0. The molecule has 0 saturated heterocycles. The van der Waals surface area contributed by atoms with E-state index < -0.39 is 5.97 Å². The van der Waals surface area contributed by atoms with Crippen molar-refractivity contribution >= 4 is 11.7 Å². The summed E-state index contributed by atoms with van der Waals surface area (Å²) < 4.78 is 1.84. The number of aromatic nitrogens is 4. The molecule has 2 unspecified atom stereocenters. The summed E-state index contributed by atoms with van der Waals surface area (Å²) in [5.41, 5.74) is 0. The Hall–Kier alpha value is -1.98. The smallest absolute Gasteiger partial charge is 0.306 e. The zero-order chi connectivity index (χ0) is 11.8. The molecule has 1 aliphatic carbocycles. The number of carboxylic acid groups (broad SMARTS) is 1. The molecule has 0 bridgehead atoms. The van der Waals surface area contributed by atoms with Gasteiger partial charge in [-0.05, 0) is 25.3 Å². The second-order valence-corrected chi connectivity index (χ2v) is 4.39. The van der Waals surface area contributed by atoms with Crippen molar-refractivity contribution in [1.29, 1.82) is 0 Å². The van der Waals surface area contributed by atoms with Crippen LogP contribution in [0.3, 0.4) is 0 Å². The maximum atomic E-state index is 10.9. The number of carboxylic acids is 1. The van der Waals surface area contributed by atoms with Gasteiger partial charge in [-0.1, -0.05) is 0 Å². The Kier molecular flexibility index (Phi) is 2.28. The van der Waals surface area contributed by atoms with Crippen LogP contribution in [0.1, 0.15) is 31.0 Å². The zero-order valence-corrected chi connectivity index (χ0v) is 9.15. The number of fused-ring (bicyclic) bond motifs is 1. The summed E-state index contributed by atoms with van der Waals surface area (Å²) in [4.78, 5) is 15.0. The maximum absolute atomic E-state index is 10.9. The van der Waals surface area contributed by atoms with Gasteiger partial charge in [-0.2, -0.15) is 0 Å². The highest BCUT2D eigenvalue weighted by Gasteiger charge is 2.33. The summed E-state index contributed by atoms with van der Waals surface area (Å²) in [5, 5.41) is 17.1. The molecule has 2 atom stereocenters. The molecule has 2 aromatic heterocycles. The van der Waals surface area contributed by atoms with Crippen LogP contribution in [0.2, 0.25) is 0 Å². The number of rotatable bonds is 2. The highest BCUT2D eigenvalue weighted by Crippen LogP contribution is 2.37. The molecule has 0 radical (unpaired) electrons. The van der Waals surface area contributed by atoms with Crippen molar-refractivity contribution in [2.45, 2.75) is 25.2 Å². The van der Waals surface area contributed by atoms with Crippen LogP contribution in [0, 0.1) is 5.92 Å². The lowest BCUT2D eigenvalue weighted by molar-refractivity contribution is -0.141. The molecule has 3 rings (SSSR count). The van der Waals surface area contributed by atoms with E-state index in [1.807, 2.05) is 16.7 Å². The Morgan fingerprint density at radius 2 is 2.29 bits per heavy atom. The van der Waals surface area contributed by atoms with Gasteiger partial charge in [0, 0.05) is 18.3 Å². The molecule has 2 aromatic rings. The summed E-state index contributed by atoms with van der Waals surface area (Å²) in [5.74, 6) is 0.622. The van der Waals surface area contributed by atoms with Crippen molar-refractivity contribution in [3.63, 3.8) is 0 Å². The quantitative estimate of drug-likeness (QED) is 0.838. The number of carbonyl (C=O) groups is 1. The van der Waals surface area contributed by atoms with Crippen molar-refractivity contribution in [2.24, 2.45) is 5.92 Å². The number of aliphatic carboxylic acids is 1. The maximum Gasteiger partial charge on any atom is 0.306 e. The highest BCUT2D eigenvalue weighted by atomic mass is 16.4. The molecule has 6 nitrogen and oxygen atoms in total. The first kappa shape index (κ1) is 10.2. The molecule has 1 N–H and O–H groups in total. The predicted octanol–water partition coefficient (Wildman–Crippen LogP) is 1.09. The second kappa shape index (κ2) is 3.80. The Balaban J connectivity index is 1.93. The molecule has 0 aliphatic heterocycles. The van der Waals surface area contributed by atoms with Gasteiger partial charge < -0.3 is 5.11 Å². The van der Waals surface area contributed by atoms with Gasteiger partial charge in [0.15, 0.2) is 0 Å². The van der Waals surface area contributed by atoms with Crippen LogP contribution in [0.15, 0.2) is 18.5 Å². The molecule has 1 fully saturated rings. The molecular formula is C11H12N4O2. The molecule has 1 saturated carbocycles. The first-order chi connectivity index (χ1) is 8.25. The van der Waals surface area contributed by atoms with E-state index in [9.17, 15) is 4.79 Å². The van der Waals surface area contributed by atoms with Crippen LogP contribution in [-0.2, 0) is 4.79 Å². The van der Waals surface area contributed by atoms with E-state index in [4.69, 9.17) is 5.11 Å². The Labute approximate surface area is 97.3 Å². The first-order valence-electron chi connectivity index (χ1n) is 5.64. The summed E-state index contributed by atoms with van der Waals surface area (Å²) in [6, 6.07) is 1.82. The standard InChI is InChI=1S/C11H12N4O2/c16-10(17)8-3-2-7(6-8)9-13-14-11-12-4-1-5-15(9)11/h1,4-5,7-8H,2-3,6H2,(H,16,17). The van der Waals surface area contributed by atoms with Gasteiger partial charge in [0.2, 0.25) is 0 Å². The lowest BCUT2D eigenvalue weighted by atomic mass is 10.0. The number of nitrogens with zero attached hydrogens (tertiary/aromatic N) is 4. The molecule has 6 heteroatoms. The minimum atomic E-state index is -0.709. The lowest BCUT2D eigenvalue weighted by Gasteiger charge is -2.06. The van der Waals surface area contributed by atoms with Gasteiger partial charge in [0.25, 0.3) is 5.78 Å². The highest BCUT2D eigenvalue weighted by molar-refractivity contribution is 5.70. The van der Waals surface area contributed by atoms with Crippen LogP contribution in [0.5, 0.6) is 0 Å². The molecule has 1 aliphatic rings. The fraction of sp³-hybridized carbons (Fsp3) is 0.455. The van der Waals surface area contributed by atoms with Crippen LogP contribution < -0.4 is 0 Å². The van der Waals surface area contributed by atoms with E-state index in [2.05, 4.69) is 15.2 Å². The Morgan fingerprint density at radius 1 is 1.41 bits per heavy atom. The minimum Gasteiger partial charge on any atom is -0.481 e. The Bertz CT molecular complexity index is 565. The van der Waals surface area contributed by atoms with Gasteiger partial charge in [0.05, 0.1) is 5.92 Å². The first-order valence-corrected chi connectivity index (χ1v) is 5.64. The van der Waals surface area contributed by atoms with Crippen LogP contribution >= 0.6 is 0 Å². The molecule has 0 amide bonds. The van der Waals surface area contributed by atoms with Gasteiger partial charge >= 0.3 is 5.97 Å². The van der Waals surface area contributed by atoms with Crippen LogP contribution in [0.4, 0.5) is 0 Å². The topological polar surface area (TPSA) is 80.4 Å². The lowest BCUT2D eigenvalue weighted by Crippen LogP contribution is -2.10. The third kappa shape index (κ3) is 1.65. The molecule has 0 aromatic carbocycles. The van der Waals surface area contributed by atoms with Crippen LogP contribution in [0.25, 0.3) is 5.78 Å². The predicted molar refractivity (Wildman–Crippen MR) is 58.5 cm³/mol. The molecule has 88 valence electrons. The summed E-state index contributed by atoms with van der Waals surface area (Å²) in [6.07, 6.45) is 5.75. The summed E-state index contributed by atoms with van der Waals surface area (Å²) in [6.45, 7) is 0. The van der Waals surface area contributed by atoms with E-state index in [1.165, 1.54) is 0 Å². The monoisotopic (exact) mass is 232 g/mol. The van der Waals surface area contributed by atoms with Gasteiger partial charge in [-0.25, -0.2) is 4.98 Å². The van der Waals surface area contributed by atoms with Crippen molar-refractivity contribution in [2.75, 3.05) is 0 Å². The van der Waals surface area contributed by atoms with Crippen molar-refractivity contribution in [3.8, 4) is 0 Å². The molecule has 2 heterocycles. The van der Waals surface area contributed by atoms with E-state index in [-0.39, 0.29) is 11.8 Å². The van der Waals surface area contributed by atoms with Gasteiger partial charge in [0.1, 0.15) is 5.82 Å². The molecule has 0 spiro atoms. The van der Waals surface area contributed by atoms with E-state index in [0.717, 1.165) is 18.7 Å². The number of hydrogen-bond acceptors (Lipinski definition) is 4. The third-order valence-corrected chi connectivity index (χ3v) is 3.36. The average molecular weight is 232 g/mol. The summed E-state index contributed by atoms with van der Waals surface area (Å²) in [7, 11) is 0. The number of hydrogen-bond donors (Lipinski definition) is 1. The molecular weight excluding hydrogens is 220 g/mol. The normalized spacial score (nSPS) is 24.2. The second-order valence-electron chi connectivity index (χ2n) is 4.39. The van der Waals surface area contributed by atoms with Crippen LogP contribution in [-0.4, -0.2) is 30.7 Å². The fourth-order valence-electron chi connectivity index (χ4n) is 2.48. The van der Waals surface area contributed by atoms with E-state index in [1.54, 1.807) is 6.20 Å². The SMILES string of the molecule is O=C(O)C1CCC(c2nnc3ncccn23)C1.